The van der Waals surface area contributed by atoms with Gasteiger partial charge in [0.2, 0.25) is 11.8 Å². The van der Waals surface area contributed by atoms with Crippen molar-refractivity contribution in [2.75, 3.05) is 55.2 Å². The molecule has 8 rings (SSSR count). The molecule has 0 aliphatic carbocycles. The number of carbonyl (C=O) groups excluding carboxylic acids is 2. The number of aliphatic hydroxyl groups is 1. The minimum Gasteiger partial charge on any atom is -0.504 e. The summed E-state index contributed by atoms with van der Waals surface area (Å²) in [4.78, 5) is 39.9. The van der Waals surface area contributed by atoms with E-state index in [1.807, 2.05) is 82.1 Å². The van der Waals surface area contributed by atoms with Crippen LogP contribution in [0.3, 0.4) is 0 Å². The first-order chi connectivity index (χ1) is 32.6. The Hall–Kier alpha value is -5.98. The SMILES string of the molecule is Cc1ncsc1-c1ccc([C@H](C)NC(=O)[C@@H]2C[C@@H](O)CN2C(=O)C(c2cc(N3CCC(CN4CCC(n5nc(NC(C)C)c(N)c5/C=C(\N)c5cccc(F)c5O)CC4)CC3)no2)C(C)C)cc1. The van der Waals surface area contributed by atoms with Crippen LogP contribution in [0.15, 0.2) is 58.6 Å². The quantitative estimate of drug-likeness (QED) is 0.0616. The Bertz CT molecular complexity index is 2570. The van der Waals surface area contributed by atoms with E-state index < -0.39 is 29.6 Å². The lowest BCUT2D eigenvalue weighted by atomic mass is 9.91. The van der Waals surface area contributed by atoms with E-state index in [0.29, 0.717) is 34.7 Å². The maximum atomic E-state index is 14.4. The number of thiazole rings is 1. The molecule has 2 amide bonds. The van der Waals surface area contributed by atoms with Crippen LogP contribution >= 0.6 is 11.3 Å². The van der Waals surface area contributed by atoms with Crippen molar-refractivity contribution in [2.24, 2.45) is 17.6 Å². The molecule has 3 aliphatic rings. The van der Waals surface area contributed by atoms with Gasteiger partial charge < -0.3 is 51.5 Å². The number of phenols is 1. The molecule has 0 bridgehead atoms. The lowest BCUT2D eigenvalue weighted by Crippen LogP contribution is -2.48. The molecule has 68 heavy (non-hydrogen) atoms. The maximum absolute atomic E-state index is 14.4. The van der Waals surface area contributed by atoms with Crippen molar-refractivity contribution in [2.45, 2.75) is 110 Å². The highest BCUT2D eigenvalue weighted by molar-refractivity contribution is 7.13. The van der Waals surface area contributed by atoms with E-state index in [-0.39, 0.29) is 60.1 Å². The van der Waals surface area contributed by atoms with Crippen LogP contribution in [-0.2, 0) is 9.59 Å². The van der Waals surface area contributed by atoms with Gasteiger partial charge in [-0.2, -0.15) is 5.10 Å². The molecule has 6 heterocycles. The first-order valence-corrected chi connectivity index (χ1v) is 24.8. The lowest BCUT2D eigenvalue weighted by Gasteiger charge is -2.37. The number of hydrogen-bond acceptors (Lipinski definition) is 14. The van der Waals surface area contributed by atoms with Gasteiger partial charge in [0.15, 0.2) is 29.0 Å². The van der Waals surface area contributed by atoms with Gasteiger partial charge in [-0.25, -0.2) is 9.37 Å². The summed E-state index contributed by atoms with van der Waals surface area (Å²) in [5.74, 6) is -0.440. The van der Waals surface area contributed by atoms with Crippen molar-refractivity contribution < 1.29 is 28.7 Å². The van der Waals surface area contributed by atoms with Gasteiger partial charge in [-0.1, -0.05) is 49.3 Å². The number of hydrogen-bond donors (Lipinski definition) is 6. The zero-order valence-electron chi connectivity index (χ0n) is 39.9. The summed E-state index contributed by atoms with van der Waals surface area (Å²) in [5, 5.41) is 36.9. The molecule has 4 atom stereocenters. The van der Waals surface area contributed by atoms with Crippen LogP contribution in [0.4, 0.5) is 21.7 Å². The molecule has 8 N–H and O–H groups in total. The number of likely N-dealkylation sites (tertiary alicyclic amines) is 2. The molecule has 5 aromatic rings. The molecule has 3 aromatic heterocycles. The average Bonchev–Trinajstić information content (AvgIpc) is 4.13. The Morgan fingerprint density at radius 1 is 1.03 bits per heavy atom. The van der Waals surface area contributed by atoms with Crippen LogP contribution in [-0.4, -0.2) is 109 Å². The fourth-order valence-corrected chi connectivity index (χ4v) is 10.8. The molecule has 3 aliphatic heterocycles. The number of phenolic OH excluding ortho intramolecular Hbond substituents is 1. The van der Waals surface area contributed by atoms with Crippen molar-refractivity contribution >= 4 is 52.2 Å². The number of carbonyl (C=O) groups is 2. The molecule has 3 saturated heterocycles. The molecular formula is C50H66FN11O5S. The van der Waals surface area contributed by atoms with Crippen LogP contribution in [0.1, 0.15) is 113 Å². The number of anilines is 3. The summed E-state index contributed by atoms with van der Waals surface area (Å²) >= 11 is 1.59. The highest BCUT2D eigenvalue weighted by Gasteiger charge is 2.44. The van der Waals surface area contributed by atoms with Crippen molar-refractivity contribution in [1.82, 2.24) is 35.0 Å². The molecule has 18 heteroatoms. The van der Waals surface area contributed by atoms with E-state index in [1.54, 1.807) is 23.5 Å². The third-order valence-corrected chi connectivity index (χ3v) is 14.7. The standard InChI is InChI=1S/C50H66FN11O5S/c1-28(2)44(50(66)61-26-36(63)22-41(61)49(65)56-30(5)33-10-12-34(13-11-33)47-31(6)54-27-68-47)42-24-43(58-67-42)60-20-14-32(15-21-60)25-59-18-16-35(17-19-59)62-40(45(53)48(57-62)55-29(3)4)23-39(52)37-8-7-9-38(51)46(37)64/h7-13,23-24,27-30,32,35-36,41,44,63-64H,14-22,25-26,52-53H2,1-6H3,(H,55,57)(H,56,65)/b39-23-/t30-,36+,41-,44?/m0/s1. The Kier molecular flexibility index (Phi) is 14.8. The zero-order valence-corrected chi connectivity index (χ0v) is 40.7. The number of β-amino-alcohol motifs (C(OH)–C–C–N with tert-alkyl or cyclic N) is 1. The first kappa shape index (κ1) is 48.5. The second kappa shape index (κ2) is 20.7. The smallest absolute Gasteiger partial charge is 0.243 e. The number of piperidine rings is 2. The van der Waals surface area contributed by atoms with Crippen molar-refractivity contribution in [1.29, 1.82) is 0 Å². The third-order valence-electron chi connectivity index (χ3n) is 13.8. The van der Waals surface area contributed by atoms with Crippen LogP contribution in [0.5, 0.6) is 5.75 Å². The molecule has 0 radical (unpaired) electrons. The minimum absolute atomic E-state index is 0.0653. The van der Waals surface area contributed by atoms with Gasteiger partial charge in [-0.05, 0) is 94.5 Å². The zero-order chi connectivity index (χ0) is 48.4. The predicted octanol–water partition coefficient (Wildman–Crippen LogP) is 7.14. The Labute approximate surface area is 401 Å². The molecule has 364 valence electrons. The summed E-state index contributed by atoms with van der Waals surface area (Å²) in [7, 11) is 0. The number of nitrogens with one attached hydrogen (secondary N) is 2. The number of nitrogens with two attached hydrogens (primary N) is 2. The van der Waals surface area contributed by atoms with E-state index in [0.717, 1.165) is 80.1 Å². The first-order valence-electron chi connectivity index (χ1n) is 23.9. The van der Waals surface area contributed by atoms with E-state index in [2.05, 4.69) is 30.6 Å². The van der Waals surface area contributed by atoms with Gasteiger partial charge in [0.25, 0.3) is 0 Å². The predicted molar refractivity (Wildman–Crippen MR) is 264 cm³/mol. The van der Waals surface area contributed by atoms with Crippen LogP contribution < -0.4 is 27.0 Å². The molecule has 16 nitrogen and oxygen atoms in total. The molecule has 3 fully saturated rings. The van der Waals surface area contributed by atoms with E-state index in [9.17, 15) is 24.2 Å². The van der Waals surface area contributed by atoms with Gasteiger partial charge in [0.1, 0.15) is 17.6 Å². The number of nitrogens with zero attached hydrogens (tertiary/aromatic N) is 7. The summed E-state index contributed by atoms with van der Waals surface area (Å²) in [6.45, 7) is 16.3. The number of aromatic hydroxyl groups is 1. The van der Waals surface area contributed by atoms with Crippen LogP contribution in [0.2, 0.25) is 0 Å². The number of rotatable bonds is 15. The molecule has 0 spiro atoms. The Morgan fingerprint density at radius 2 is 1.75 bits per heavy atom. The largest absolute Gasteiger partial charge is 0.504 e. The summed E-state index contributed by atoms with van der Waals surface area (Å²) in [5.41, 5.74) is 19.3. The number of amides is 2. The second-order valence-corrected chi connectivity index (χ2v) is 20.3. The number of aliphatic hydroxyl groups excluding tert-OH is 1. The van der Waals surface area contributed by atoms with Gasteiger partial charge in [-0.15, -0.1) is 11.3 Å². The van der Waals surface area contributed by atoms with Crippen molar-refractivity contribution in [3.63, 3.8) is 0 Å². The number of benzene rings is 2. The van der Waals surface area contributed by atoms with Crippen molar-refractivity contribution in [3.8, 4) is 16.2 Å². The van der Waals surface area contributed by atoms with E-state index >= 15 is 0 Å². The monoisotopic (exact) mass is 951 g/mol. The van der Waals surface area contributed by atoms with Crippen molar-refractivity contribution in [3.05, 3.63) is 88.1 Å². The molecule has 1 unspecified atom stereocenters. The summed E-state index contributed by atoms with van der Waals surface area (Å²) < 4.78 is 22.1. The maximum Gasteiger partial charge on any atom is 0.243 e. The number of nitrogen functional groups attached to an aromatic ring is 1. The van der Waals surface area contributed by atoms with E-state index in [4.69, 9.17) is 21.1 Å². The van der Waals surface area contributed by atoms with Gasteiger partial charge in [-0.3, -0.25) is 14.3 Å². The highest BCUT2D eigenvalue weighted by atomic mass is 32.1. The normalized spacial score (nSPS) is 19.8. The number of para-hydroxylation sites is 1. The second-order valence-electron chi connectivity index (χ2n) is 19.4. The van der Waals surface area contributed by atoms with E-state index in [1.165, 1.54) is 17.0 Å². The fraction of sp³-hybridized carbons (Fsp3) is 0.500. The molecule has 0 saturated carbocycles. The fourth-order valence-electron chi connectivity index (χ4n) is 9.98. The average molecular weight is 952 g/mol. The third kappa shape index (κ3) is 10.5. The Balaban J connectivity index is 0.851. The Morgan fingerprint density at radius 3 is 2.41 bits per heavy atom. The topological polar surface area (TPSA) is 217 Å². The summed E-state index contributed by atoms with van der Waals surface area (Å²) in [6, 6.07) is 13.2. The minimum atomic E-state index is -0.819. The highest BCUT2D eigenvalue weighted by Crippen LogP contribution is 2.37. The van der Waals surface area contributed by atoms with Gasteiger partial charge in [0.05, 0.1) is 40.0 Å². The number of aryl methyl sites for hydroxylation is 1. The van der Waals surface area contributed by atoms with Gasteiger partial charge in [0, 0.05) is 69.1 Å². The lowest BCUT2D eigenvalue weighted by molar-refractivity contribution is -0.141. The van der Waals surface area contributed by atoms with Crippen LogP contribution in [0, 0.1) is 24.6 Å². The number of halogens is 1. The number of aromatic nitrogens is 4. The molecular weight excluding hydrogens is 886 g/mol. The van der Waals surface area contributed by atoms with Crippen LogP contribution in [0.25, 0.3) is 22.2 Å². The summed E-state index contributed by atoms with van der Waals surface area (Å²) in [6.07, 6.45) is 4.68. The van der Waals surface area contributed by atoms with Gasteiger partial charge >= 0.3 is 0 Å². The molecule has 2 aromatic carbocycles.